The zero-order valence-corrected chi connectivity index (χ0v) is 6.26. The summed E-state index contributed by atoms with van der Waals surface area (Å²) in [6.45, 7) is 1.85. The summed E-state index contributed by atoms with van der Waals surface area (Å²) in [4.78, 5) is 3.50. The maximum atomic E-state index is 12.8. The van der Waals surface area contributed by atoms with Crippen molar-refractivity contribution in [2.24, 2.45) is 0 Å². The van der Waals surface area contributed by atoms with Crippen molar-refractivity contribution in [1.29, 1.82) is 0 Å². The monoisotopic (exact) mass is 149 g/mol. The Morgan fingerprint density at radius 2 is 2.45 bits per heavy atom. The van der Waals surface area contributed by atoms with Gasteiger partial charge in [-0.2, -0.15) is 4.39 Å². The van der Waals surface area contributed by atoms with Gasteiger partial charge < -0.3 is 0 Å². The molecule has 0 saturated carbocycles. The highest BCUT2D eigenvalue weighted by atomic mass is 19.1. The minimum absolute atomic E-state index is 0.456. The summed E-state index contributed by atoms with van der Waals surface area (Å²) in [5.74, 6) is 1.95. The molecule has 0 aromatic carbocycles. The molecule has 0 spiro atoms. The first-order valence-electron chi connectivity index (χ1n) is 3.39. The lowest BCUT2D eigenvalue weighted by molar-refractivity contribution is 0.568. The molecule has 1 aromatic heterocycles. The maximum Gasteiger partial charge on any atom is 0.217 e. The van der Waals surface area contributed by atoms with Gasteiger partial charge in [0.1, 0.15) is 0 Å². The number of halogens is 1. The number of hydrogen-bond donors (Lipinski definition) is 0. The molecule has 0 aliphatic rings. The quantitative estimate of drug-likeness (QED) is 0.438. The van der Waals surface area contributed by atoms with Gasteiger partial charge in [0, 0.05) is 17.3 Å². The lowest BCUT2D eigenvalue weighted by Crippen LogP contribution is -1.95. The Hall–Kier alpha value is -1.36. The molecule has 0 N–H and O–H groups in total. The highest BCUT2D eigenvalue weighted by Crippen LogP contribution is 2.09. The minimum Gasteiger partial charge on any atom is -0.228 e. The van der Waals surface area contributed by atoms with Crippen molar-refractivity contribution in [2.45, 2.75) is 13.3 Å². The van der Waals surface area contributed by atoms with Gasteiger partial charge in [0.05, 0.1) is 0 Å². The third kappa shape index (κ3) is 1.38. The van der Waals surface area contributed by atoms with Gasteiger partial charge in [-0.1, -0.05) is 12.8 Å². The van der Waals surface area contributed by atoms with Crippen LogP contribution in [0.2, 0.25) is 0 Å². The van der Waals surface area contributed by atoms with Crippen LogP contribution in [-0.2, 0) is 6.42 Å². The van der Waals surface area contributed by atoms with Crippen molar-refractivity contribution < 1.29 is 4.39 Å². The van der Waals surface area contributed by atoms with Crippen molar-refractivity contribution in [3.63, 3.8) is 0 Å². The Kier molecular flexibility index (Phi) is 2.22. The molecule has 1 heterocycles. The smallest absolute Gasteiger partial charge is 0.217 e. The SMILES string of the molecule is C#Cc1ccnc(F)c1CC. The summed E-state index contributed by atoms with van der Waals surface area (Å²) in [6, 6.07) is 1.64. The van der Waals surface area contributed by atoms with Gasteiger partial charge in [-0.25, -0.2) is 4.98 Å². The first-order chi connectivity index (χ1) is 5.29. The Labute approximate surface area is 65.3 Å². The molecular weight excluding hydrogens is 141 g/mol. The number of terminal acetylenes is 1. The first-order valence-corrected chi connectivity index (χ1v) is 3.39. The van der Waals surface area contributed by atoms with E-state index in [2.05, 4.69) is 10.9 Å². The number of hydrogen-bond acceptors (Lipinski definition) is 1. The summed E-state index contributed by atoms with van der Waals surface area (Å²) in [5.41, 5.74) is 1.12. The van der Waals surface area contributed by atoms with Crippen molar-refractivity contribution in [3.8, 4) is 12.3 Å². The Balaban J connectivity index is 3.27. The molecule has 1 nitrogen and oxygen atoms in total. The molecule has 56 valence electrons. The summed E-state index contributed by atoms with van der Waals surface area (Å²) >= 11 is 0. The van der Waals surface area contributed by atoms with E-state index in [0.717, 1.165) is 0 Å². The molecule has 0 atom stereocenters. The average molecular weight is 149 g/mol. The molecule has 1 rings (SSSR count). The van der Waals surface area contributed by atoms with Crippen LogP contribution in [0.1, 0.15) is 18.1 Å². The molecule has 0 aliphatic heterocycles. The molecule has 0 unspecified atom stereocenters. The molecule has 1 aromatic rings. The van der Waals surface area contributed by atoms with E-state index in [0.29, 0.717) is 17.5 Å². The van der Waals surface area contributed by atoms with Crippen molar-refractivity contribution >= 4 is 0 Å². The summed E-state index contributed by atoms with van der Waals surface area (Å²) in [7, 11) is 0. The van der Waals surface area contributed by atoms with Gasteiger partial charge in [-0.05, 0) is 12.5 Å². The maximum absolute atomic E-state index is 12.8. The molecule has 0 saturated heterocycles. The van der Waals surface area contributed by atoms with Gasteiger partial charge in [-0.15, -0.1) is 6.42 Å². The predicted octanol–water partition coefficient (Wildman–Crippen LogP) is 1.76. The molecule has 0 bridgehead atoms. The van der Waals surface area contributed by atoms with E-state index in [4.69, 9.17) is 6.42 Å². The molecule has 0 amide bonds. The van der Waals surface area contributed by atoms with E-state index in [1.54, 1.807) is 6.07 Å². The van der Waals surface area contributed by atoms with Crippen LogP contribution in [-0.4, -0.2) is 4.98 Å². The van der Waals surface area contributed by atoms with Crippen LogP contribution in [0.5, 0.6) is 0 Å². The van der Waals surface area contributed by atoms with Crippen LogP contribution < -0.4 is 0 Å². The largest absolute Gasteiger partial charge is 0.228 e. The molecular formula is C9H8FN. The van der Waals surface area contributed by atoms with Crippen LogP contribution in [0.3, 0.4) is 0 Å². The van der Waals surface area contributed by atoms with Gasteiger partial charge >= 0.3 is 0 Å². The van der Waals surface area contributed by atoms with Crippen LogP contribution in [0.4, 0.5) is 4.39 Å². The standard InChI is InChI=1S/C9H8FN/c1-3-7-5-6-11-9(10)8(7)4-2/h1,5-6H,4H2,2H3. The normalized spacial score (nSPS) is 9.18. The highest BCUT2D eigenvalue weighted by molar-refractivity contribution is 5.38. The second kappa shape index (κ2) is 3.16. The molecule has 11 heavy (non-hydrogen) atoms. The van der Waals surface area contributed by atoms with E-state index in [1.165, 1.54) is 6.20 Å². The minimum atomic E-state index is -0.456. The predicted molar refractivity (Wildman–Crippen MR) is 41.5 cm³/mol. The Morgan fingerprint density at radius 3 is 2.91 bits per heavy atom. The highest BCUT2D eigenvalue weighted by Gasteiger charge is 2.04. The van der Waals surface area contributed by atoms with Crippen LogP contribution in [0.25, 0.3) is 0 Å². The molecule has 0 aliphatic carbocycles. The van der Waals surface area contributed by atoms with E-state index in [9.17, 15) is 4.39 Å². The van der Waals surface area contributed by atoms with E-state index >= 15 is 0 Å². The lowest BCUT2D eigenvalue weighted by atomic mass is 10.1. The second-order valence-corrected chi connectivity index (χ2v) is 2.13. The topological polar surface area (TPSA) is 12.9 Å². The summed E-state index contributed by atoms with van der Waals surface area (Å²) < 4.78 is 12.8. The van der Waals surface area contributed by atoms with Crippen molar-refractivity contribution in [2.75, 3.05) is 0 Å². The fourth-order valence-corrected chi connectivity index (χ4v) is 0.938. The van der Waals surface area contributed by atoms with Gasteiger partial charge in [0.25, 0.3) is 0 Å². The van der Waals surface area contributed by atoms with E-state index < -0.39 is 5.95 Å². The number of nitrogens with zero attached hydrogens (tertiary/aromatic N) is 1. The first kappa shape index (κ1) is 7.74. The molecule has 2 heteroatoms. The van der Waals surface area contributed by atoms with Crippen LogP contribution >= 0.6 is 0 Å². The molecule has 0 fully saturated rings. The third-order valence-electron chi connectivity index (χ3n) is 1.51. The van der Waals surface area contributed by atoms with Crippen LogP contribution in [0.15, 0.2) is 12.3 Å². The number of rotatable bonds is 1. The fraction of sp³-hybridized carbons (Fsp3) is 0.222. The third-order valence-corrected chi connectivity index (χ3v) is 1.51. The molecule has 0 radical (unpaired) electrons. The van der Waals surface area contributed by atoms with Gasteiger partial charge in [0.2, 0.25) is 5.95 Å². The Morgan fingerprint density at radius 1 is 1.73 bits per heavy atom. The zero-order valence-electron chi connectivity index (χ0n) is 6.26. The number of aromatic nitrogens is 1. The summed E-state index contributed by atoms with van der Waals surface area (Å²) in [6.07, 6.45) is 7.11. The van der Waals surface area contributed by atoms with E-state index in [1.807, 2.05) is 6.92 Å². The second-order valence-electron chi connectivity index (χ2n) is 2.13. The van der Waals surface area contributed by atoms with E-state index in [-0.39, 0.29) is 0 Å². The Bertz CT molecular complexity index is 299. The van der Waals surface area contributed by atoms with Gasteiger partial charge in [-0.3, -0.25) is 0 Å². The fourth-order valence-electron chi connectivity index (χ4n) is 0.938. The zero-order chi connectivity index (χ0) is 8.27. The summed E-state index contributed by atoms with van der Waals surface area (Å²) in [5, 5.41) is 0. The van der Waals surface area contributed by atoms with Crippen LogP contribution in [0, 0.1) is 18.3 Å². The van der Waals surface area contributed by atoms with Crippen molar-refractivity contribution in [1.82, 2.24) is 4.98 Å². The average Bonchev–Trinajstić information content (AvgIpc) is 2.04. The lowest BCUT2D eigenvalue weighted by Gasteiger charge is -1.99. The van der Waals surface area contributed by atoms with Gasteiger partial charge in [0.15, 0.2) is 0 Å². The van der Waals surface area contributed by atoms with Crippen molar-refractivity contribution in [3.05, 3.63) is 29.3 Å². The number of pyridine rings is 1.